The number of hydrogen-bond acceptors (Lipinski definition) is 6. The lowest BCUT2D eigenvalue weighted by Gasteiger charge is -2.46. The number of rotatable bonds is 11. The zero-order valence-electron chi connectivity index (χ0n) is 53.5. The molecule has 14 aromatic rings. The Labute approximate surface area is 572 Å². The van der Waals surface area contributed by atoms with E-state index < -0.39 is 0 Å². The molecule has 0 saturated carbocycles. The molecule has 4 heterocycles. The number of fused-ring (bicyclic) bond motifs is 8. The zero-order chi connectivity index (χ0) is 64.0. The lowest BCUT2D eigenvalue weighted by atomic mass is 9.31. The Balaban J connectivity index is 0.923. The SMILES string of the molecule is CC(C)(C)c1ccc(-c2ccccc2N2c3cc4c(cc3B3c5ccccc5N(c5ccccc5)c5cc(N(c6ccc(-c7ccccc7)cc6)c6cccc(-c7ccccc7)c6)cc2c53)B2c3ccccc3Sc3cc(N(c5ccccc5)c5ccccc5)cc(c32)S4)cc1. The van der Waals surface area contributed by atoms with Crippen molar-refractivity contribution in [3.05, 3.63) is 339 Å². The highest BCUT2D eigenvalue weighted by Gasteiger charge is 2.47. The second kappa shape index (κ2) is 23.5. The van der Waals surface area contributed by atoms with Crippen molar-refractivity contribution < 1.29 is 0 Å². The van der Waals surface area contributed by atoms with Gasteiger partial charge < -0.3 is 19.6 Å². The molecule has 8 heteroatoms. The van der Waals surface area contributed by atoms with Crippen LogP contribution in [0, 0.1) is 0 Å². The van der Waals surface area contributed by atoms with E-state index in [1.54, 1.807) is 0 Å². The van der Waals surface area contributed by atoms with Gasteiger partial charge in [0.25, 0.3) is 6.71 Å². The lowest BCUT2D eigenvalue weighted by Crippen LogP contribution is -2.64. The van der Waals surface area contributed by atoms with Gasteiger partial charge in [-0.1, -0.05) is 280 Å². The Bertz CT molecular complexity index is 5260. The van der Waals surface area contributed by atoms with Gasteiger partial charge in [-0.15, -0.1) is 0 Å². The molecule has 0 atom stereocenters. The second-order valence-electron chi connectivity index (χ2n) is 26.4. The van der Waals surface area contributed by atoms with Crippen LogP contribution >= 0.6 is 23.5 Å². The standard InChI is InChI=1S/C88H64B2N4S2/c1-88(2,3)64-48-44-62(45-49-64)72-38-19-22-41-77(72)94-79-58-83-76(90-74-40-21-24-43-82(74)95-84-55-71(56-85(96-83)87(84)90)91(65-31-13-6-14-32-65)66-33-15-7-16-34-66)57-75(79)89-73-39-20-23-42-78(73)93(67-35-17-8-18-36-67)80-53-70(54-81(94)86(80)89)92(68-50-46-61(47-51-68)59-26-9-4-10-27-59)69-37-25-30-63(52-69)60-28-11-5-12-29-60/h4-58H,1-3H3. The van der Waals surface area contributed by atoms with E-state index in [9.17, 15) is 0 Å². The highest BCUT2D eigenvalue weighted by Crippen LogP contribution is 2.52. The van der Waals surface area contributed by atoms with Gasteiger partial charge >= 0.3 is 0 Å². The van der Waals surface area contributed by atoms with E-state index in [0.29, 0.717) is 0 Å². The average Bonchev–Trinajstić information content (AvgIpc) is 0.691. The van der Waals surface area contributed by atoms with Crippen LogP contribution in [0.2, 0.25) is 0 Å². The summed E-state index contributed by atoms with van der Waals surface area (Å²) in [5.41, 5.74) is 29.5. The average molecular weight is 1260 g/mol. The Morgan fingerprint density at radius 2 is 0.750 bits per heavy atom. The molecule has 96 heavy (non-hydrogen) atoms. The quantitative estimate of drug-likeness (QED) is 0.119. The first kappa shape index (κ1) is 57.7. The molecular weight excluding hydrogens is 1200 g/mol. The molecule has 0 aromatic heterocycles. The molecule has 0 N–H and O–H groups in total. The first-order valence-electron chi connectivity index (χ1n) is 33.2. The molecule has 0 unspecified atom stereocenters. The Morgan fingerprint density at radius 3 is 1.42 bits per heavy atom. The number of para-hydroxylation sites is 5. The zero-order valence-corrected chi connectivity index (χ0v) is 55.1. The monoisotopic (exact) mass is 1260 g/mol. The van der Waals surface area contributed by atoms with Crippen LogP contribution in [0.25, 0.3) is 33.4 Å². The Kier molecular flexibility index (Phi) is 14.2. The smallest absolute Gasteiger partial charge is 0.252 e. The fourth-order valence-corrected chi connectivity index (χ4v) is 17.7. The van der Waals surface area contributed by atoms with E-state index >= 15 is 0 Å². The van der Waals surface area contributed by atoms with Crippen LogP contribution in [0.4, 0.5) is 68.2 Å². The topological polar surface area (TPSA) is 13.0 Å². The van der Waals surface area contributed by atoms with Crippen LogP contribution in [0.5, 0.6) is 0 Å². The molecule has 0 radical (unpaired) electrons. The van der Waals surface area contributed by atoms with Gasteiger partial charge in [-0.2, -0.15) is 0 Å². The second-order valence-corrected chi connectivity index (χ2v) is 28.6. The van der Waals surface area contributed by atoms with Crippen molar-refractivity contribution in [1.29, 1.82) is 0 Å². The maximum absolute atomic E-state index is 2.66. The third kappa shape index (κ3) is 9.88. The third-order valence-electron chi connectivity index (χ3n) is 19.7. The lowest BCUT2D eigenvalue weighted by molar-refractivity contribution is 0.590. The highest BCUT2D eigenvalue weighted by molar-refractivity contribution is 8.01. The summed E-state index contributed by atoms with van der Waals surface area (Å²) in [5, 5.41) is 0. The third-order valence-corrected chi connectivity index (χ3v) is 21.9. The first-order chi connectivity index (χ1) is 47.3. The number of nitrogens with zero attached hydrogens (tertiary/aromatic N) is 4. The van der Waals surface area contributed by atoms with E-state index in [-0.39, 0.29) is 18.8 Å². The molecule has 18 rings (SSSR count). The summed E-state index contributed by atoms with van der Waals surface area (Å²) in [6, 6.07) is 125. The summed E-state index contributed by atoms with van der Waals surface area (Å²) in [6.07, 6.45) is 0. The molecule has 0 fully saturated rings. The molecule has 454 valence electrons. The molecule has 0 aliphatic carbocycles. The van der Waals surface area contributed by atoms with Crippen molar-refractivity contribution in [2.45, 2.75) is 45.8 Å². The van der Waals surface area contributed by atoms with Gasteiger partial charge in [-0.05, 0) is 170 Å². The first-order valence-corrected chi connectivity index (χ1v) is 34.8. The number of hydrogen-bond donors (Lipinski definition) is 0. The van der Waals surface area contributed by atoms with Gasteiger partial charge in [0.15, 0.2) is 0 Å². The largest absolute Gasteiger partial charge is 0.311 e. The van der Waals surface area contributed by atoms with Crippen molar-refractivity contribution in [3.8, 4) is 33.4 Å². The summed E-state index contributed by atoms with van der Waals surface area (Å²) in [6.45, 7) is 6.74. The summed E-state index contributed by atoms with van der Waals surface area (Å²) in [4.78, 5) is 15.2. The normalized spacial score (nSPS) is 13.0. The van der Waals surface area contributed by atoms with E-state index in [0.717, 1.165) is 68.0 Å². The van der Waals surface area contributed by atoms with Crippen molar-refractivity contribution in [2.24, 2.45) is 0 Å². The minimum Gasteiger partial charge on any atom is -0.311 e. The Morgan fingerprint density at radius 1 is 0.271 bits per heavy atom. The molecule has 0 bridgehead atoms. The molecule has 0 saturated heterocycles. The minimum absolute atomic E-state index is 0.0104. The summed E-state index contributed by atoms with van der Waals surface area (Å²) >= 11 is 3.84. The molecule has 0 amide bonds. The minimum atomic E-state index is -0.151. The predicted octanol–water partition coefficient (Wildman–Crippen LogP) is 20.5. The van der Waals surface area contributed by atoms with E-state index in [1.165, 1.54) is 91.6 Å². The van der Waals surface area contributed by atoms with Gasteiger partial charge in [0.05, 0.1) is 11.4 Å². The van der Waals surface area contributed by atoms with E-state index in [1.807, 2.05) is 23.5 Å². The summed E-state index contributed by atoms with van der Waals surface area (Å²) < 4.78 is 0. The van der Waals surface area contributed by atoms with Gasteiger partial charge in [0.1, 0.15) is 0 Å². The summed E-state index contributed by atoms with van der Waals surface area (Å²) in [7, 11) is 0. The van der Waals surface area contributed by atoms with Crippen LogP contribution in [-0.2, 0) is 5.41 Å². The molecule has 14 aromatic carbocycles. The maximum atomic E-state index is 2.66. The van der Waals surface area contributed by atoms with Gasteiger partial charge in [0, 0.05) is 82.0 Å². The van der Waals surface area contributed by atoms with Gasteiger partial charge in [0.2, 0.25) is 6.71 Å². The fraction of sp³-hybridized carbons (Fsp3) is 0.0455. The van der Waals surface area contributed by atoms with Crippen LogP contribution in [0.1, 0.15) is 26.3 Å². The van der Waals surface area contributed by atoms with Gasteiger partial charge in [-0.3, -0.25) is 0 Å². The van der Waals surface area contributed by atoms with E-state index in [4.69, 9.17) is 0 Å². The van der Waals surface area contributed by atoms with Crippen LogP contribution in [0.3, 0.4) is 0 Å². The molecule has 4 nitrogen and oxygen atoms in total. The highest BCUT2D eigenvalue weighted by atomic mass is 32.2. The van der Waals surface area contributed by atoms with E-state index in [2.05, 4.69) is 374 Å². The van der Waals surface area contributed by atoms with Crippen LogP contribution < -0.4 is 52.4 Å². The summed E-state index contributed by atoms with van der Waals surface area (Å²) in [5.74, 6) is 0. The van der Waals surface area contributed by atoms with Crippen LogP contribution in [-0.4, -0.2) is 13.4 Å². The molecule has 4 aliphatic rings. The predicted molar refractivity (Wildman–Crippen MR) is 411 cm³/mol. The molecular formula is C88H64B2N4S2. The van der Waals surface area contributed by atoms with Crippen molar-refractivity contribution in [1.82, 2.24) is 0 Å². The van der Waals surface area contributed by atoms with Crippen molar-refractivity contribution >= 4 is 138 Å². The maximum Gasteiger partial charge on any atom is 0.252 e. The molecule has 4 aliphatic heterocycles. The number of benzene rings is 14. The fourth-order valence-electron chi connectivity index (χ4n) is 15.2. The van der Waals surface area contributed by atoms with Gasteiger partial charge in [-0.25, -0.2) is 0 Å². The Hall–Kier alpha value is -10.9. The van der Waals surface area contributed by atoms with Crippen LogP contribution in [0.15, 0.2) is 353 Å². The van der Waals surface area contributed by atoms with Crippen molar-refractivity contribution in [2.75, 3.05) is 19.6 Å². The number of anilines is 12. The van der Waals surface area contributed by atoms with Crippen molar-refractivity contribution in [3.63, 3.8) is 0 Å². The molecule has 0 spiro atoms.